The molecule has 0 unspecified atom stereocenters. The Bertz CT molecular complexity index is 1240. The van der Waals surface area contributed by atoms with Gasteiger partial charge >= 0.3 is 0 Å². The van der Waals surface area contributed by atoms with Gasteiger partial charge in [-0.25, -0.2) is 8.42 Å². The number of benzene rings is 3. The van der Waals surface area contributed by atoms with Crippen molar-refractivity contribution in [3.8, 4) is 11.5 Å². The molecule has 3 aromatic carbocycles. The number of rotatable bonds is 8. The number of aryl methyl sites for hydroxylation is 1. The molecule has 1 N–H and O–H groups in total. The molecule has 0 spiro atoms. The smallest absolute Gasteiger partial charge is 0.264 e. The van der Waals surface area contributed by atoms with E-state index in [0.717, 1.165) is 9.87 Å². The van der Waals surface area contributed by atoms with Crippen molar-refractivity contribution < 1.29 is 22.7 Å². The molecule has 0 aliphatic rings. The van der Waals surface area contributed by atoms with Crippen molar-refractivity contribution in [1.29, 1.82) is 0 Å². The third-order valence-corrected chi connectivity index (χ3v) is 6.91. The summed E-state index contributed by atoms with van der Waals surface area (Å²) >= 11 is 12.0. The second-order valence-corrected chi connectivity index (χ2v) is 9.80. The average molecular weight is 509 g/mol. The first-order chi connectivity index (χ1) is 15.6. The zero-order chi connectivity index (χ0) is 24.2. The highest BCUT2D eigenvalue weighted by Gasteiger charge is 2.30. The summed E-state index contributed by atoms with van der Waals surface area (Å²) in [6.07, 6.45) is 0. The monoisotopic (exact) mass is 508 g/mol. The number of hydrogen-bond donors (Lipinski definition) is 1. The number of anilines is 2. The fourth-order valence-electron chi connectivity index (χ4n) is 3.09. The van der Waals surface area contributed by atoms with Crippen LogP contribution in [-0.2, 0) is 14.8 Å². The van der Waals surface area contributed by atoms with Gasteiger partial charge in [-0.1, -0.05) is 40.9 Å². The molecule has 0 aliphatic heterocycles. The first-order valence-corrected chi connectivity index (χ1v) is 11.9. The van der Waals surface area contributed by atoms with Gasteiger partial charge in [0.15, 0.2) is 0 Å². The topological polar surface area (TPSA) is 84.9 Å². The van der Waals surface area contributed by atoms with Gasteiger partial charge in [-0.2, -0.15) is 0 Å². The molecule has 33 heavy (non-hydrogen) atoms. The normalized spacial score (nSPS) is 11.1. The third kappa shape index (κ3) is 5.90. The SMILES string of the molecule is COc1ccc(OC)c(N(CC(=O)Nc2cc(Cl)cc(Cl)c2)S(=O)(=O)c2ccc(C)cc2)c1. The maximum atomic E-state index is 13.6. The van der Waals surface area contributed by atoms with E-state index in [9.17, 15) is 13.2 Å². The van der Waals surface area contributed by atoms with Gasteiger partial charge in [0.05, 0.1) is 24.8 Å². The van der Waals surface area contributed by atoms with E-state index >= 15 is 0 Å². The van der Waals surface area contributed by atoms with E-state index in [4.69, 9.17) is 32.7 Å². The lowest BCUT2D eigenvalue weighted by atomic mass is 10.2. The van der Waals surface area contributed by atoms with Crippen LogP contribution in [0.1, 0.15) is 5.56 Å². The maximum Gasteiger partial charge on any atom is 0.264 e. The van der Waals surface area contributed by atoms with Crippen LogP contribution in [-0.4, -0.2) is 35.1 Å². The highest BCUT2D eigenvalue weighted by molar-refractivity contribution is 7.92. The number of hydrogen-bond acceptors (Lipinski definition) is 5. The van der Waals surface area contributed by atoms with Gasteiger partial charge in [-0.15, -0.1) is 0 Å². The van der Waals surface area contributed by atoms with Crippen LogP contribution in [0, 0.1) is 6.92 Å². The number of carbonyl (C=O) groups is 1. The van der Waals surface area contributed by atoms with Crippen molar-refractivity contribution in [2.45, 2.75) is 11.8 Å². The predicted octanol–water partition coefficient (Wildman–Crippen LogP) is 5.15. The van der Waals surface area contributed by atoms with Crippen molar-refractivity contribution in [3.63, 3.8) is 0 Å². The molecule has 1 amide bonds. The number of carbonyl (C=O) groups excluding carboxylic acids is 1. The van der Waals surface area contributed by atoms with Crippen LogP contribution in [0.3, 0.4) is 0 Å². The predicted molar refractivity (Wildman–Crippen MR) is 130 cm³/mol. The largest absolute Gasteiger partial charge is 0.497 e. The zero-order valence-corrected chi connectivity index (χ0v) is 20.5. The van der Waals surface area contributed by atoms with E-state index in [0.29, 0.717) is 21.5 Å². The second kappa shape index (κ2) is 10.3. The second-order valence-electron chi connectivity index (χ2n) is 7.07. The first-order valence-electron chi connectivity index (χ1n) is 9.71. The molecular formula is C23H22Cl2N2O5S. The molecule has 0 bridgehead atoms. The van der Waals surface area contributed by atoms with E-state index in [-0.39, 0.29) is 16.3 Å². The van der Waals surface area contributed by atoms with Crippen LogP contribution < -0.4 is 19.1 Å². The lowest BCUT2D eigenvalue weighted by molar-refractivity contribution is -0.114. The molecule has 10 heteroatoms. The minimum atomic E-state index is -4.15. The summed E-state index contributed by atoms with van der Waals surface area (Å²) in [4.78, 5) is 13.0. The van der Waals surface area contributed by atoms with Crippen LogP contribution in [0.25, 0.3) is 0 Å². The maximum absolute atomic E-state index is 13.6. The Morgan fingerprint density at radius 3 is 2.15 bits per heavy atom. The highest BCUT2D eigenvalue weighted by Crippen LogP contribution is 2.35. The molecule has 0 saturated heterocycles. The van der Waals surface area contributed by atoms with Crippen LogP contribution in [0.4, 0.5) is 11.4 Å². The van der Waals surface area contributed by atoms with Crippen LogP contribution in [0.5, 0.6) is 11.5 Å². The molecule has 0 fully saturated rings. The van der Waals surface area contributed by atoms with Crippen molar-refractivity contribution in [3.05, 3.63) is 76.3 Å². The summed E-state index contributed by atoms with van der Waals surface area (Å²) in [6, 6.07) is 15.6. The number of amides is 1. The molecule has 174 valence electrons. The van der Waals surface area contributed by atoms with Crippen LogP contribution in [0.2, 0.25) is 10.0 Å². The quantitative estimate of drug-likeness (QED) is 0.454. The van der Waals surface area contributed by atoms with Gasteiger partial charge in [-0.3, -0.25) is 9.10 Å². The van der Waals surface area contributed by atoms with E-state index < -0.39 is 22.5 Å². The molecule has 0 radical (unpaired) electrons. The summed E-state index contributed by atoms with van der Waals surface area (Å²) in [5, 5.41) is 3.30. The van der Waals surface area contributed by atoms with E-state index in [1.807, 2.05) is 6.92 Å². The summed E-state index contributed by atoms with van der Waals surface area (Å²) in [5.74, 6) is 0.0518. The number of nitrogens with one attached hydrogen (secondary N) is 1. The summed E-state index contributed by atoms with van der Waals surface area (Å²) in [5.41, 5.74) is 1.38. The lowest BCUT2D eigenvalue weighted by Gasteiger charge is -2.26. The Kier molecular flexibility index (Phi) is 7.73. The number of sulfonamides is 1. The van der Waals surface area contributed by atoms with Crippen LogP contribution >= 0.6 is 23.2 Å². The number of halogens is 2. The van der Waals surface area contributed by atoms with Crippen molar-refractivity contribution >= 4 is 50.5 Å². The van der Waals surface area contributed by atoms with Gasteiger partial charge < -0.3 is 14.8 Å². The summed E-state index contributed by atoms with van der Waals surface area (Å²) in [6.45, 7) is 1.31. The first kappa shape index (κ1) is 24.7. The molecule has 3 aromatic rings. The fourth-order valence-corrected chi connectivity index (χ4v) is 5.04. The van der Waals surface area contributed by atoms with E-state index in [1.165, 1.54) is 50.6 Å². The Labute approximate surface area is 202 Å². The van der Waals surface area contributed by atoms with E-state index in [2.05, 4.69) is 5.32 Å². The summed E-state index contributed by atoms with van der Waals surface area (Å²) in [7, 11) is -1.28. The van der Waals surface area contributed by atoms with Crippen LogP contribution in [0.15, 0.2) is 65.6 Å². The molecule has 0 aliphatic carbocycles. The van der Waals surface area contributed by atoms with Crippen molar-refractivity contribution in [2.24, 2.45) is 0 Å². The number of methoxy groups -OCH3 is 2. The van der Waals surface area contributed by atoms with Gasteiger partial charge in [0.1, 0.15) is 18.0 Å². The Morgan fingerprint density at radius 2 is 1.58 bits per heavy atom. The van der Waals surface area contributed by atoms with Crippen molar-refractivity contribution in [1.82, 2.24) is 0 Å². The van der Waals surface area contributed by atoms with Gasteiger partial charge in [0.2, 0.25) is 5.91 Å². The molecule has 0 aromatic heterocycles. The van der Waals surface area contributed by atoms with Gasteiger partial charge in [0, 0.05) is 21.8 Å². The molecule has 0 heterocycles. The van der Waals surface area contributed by atoms with Crippen molar-refractivity contribution in [2.75, 3.05) is 30.4 Å². The highest BCUT2D eigenvalue weighted by atomic mass is 35.5. The molecule has 0 saturated carbocycles. The number of ether oxygens (including phenoxy) is 2. The number of nitrogens with zero attached hydrogens (tertiary/aromatic N) is 1. The summed E-state index contributed by atoms with van der Waals surface area (Å²) < 4.78 is 38.8. The average Bonchev–Trinajstić information content (AvgIpc) is 2.76. The lowest BCUT2D eigenvalue weighted by Crippen LogP contribution is -2.38. The third-order valence-electron chi connectivity index (χ3n) is 4.70. The molecular weight excluding hydrogens is 487 g/mol. The van der Waals surface area contributed by atoms with Gasteiger partial charge in [0.25, 0.3) is 10.0 Å². The van der Waals surface area contributed by atoms with E-state index in [1.54, 1.807) is 24.3 Å². The minimum absolute atomic E-state index is 0.0246. The molecule has 0 atom stereocenters. The van der Waals surface area contributed by atoms with Gasteiger partial charge in [-0.05, 0) is 49.4 Å². The minimum Gasteiger partial charge on any atom is -0.497 e. The zero-order valence-electron chi connectivity index (χ0n) is 18.1. The Morgan fingerprint density at radius 1 is 0.939 bits per heavy atom. The molecule has 3 rings (SSSR count). The Hall–Kier alpha value is -2.94. The fraction of sp³-hybridized carbons (Fsp3) is 0.174. The standard InChI is InChI=1S/C23H22Cl2N2O5S/c1-15-4-7-20(8-5-15)33(29,30)27(21-13-19(31-2)6-9-22(21)32-3)14-23(28)26-18-11-16(24)10-17(25)12-18/h4-13H,14H2,1-3H3,(H,26,28). The molecule has 7 nitrogen and oxygen atoms in total. The Balaban J connectivity index is 2.05.